The van der Waals surface area contributed by atoms with Crippen LogP contribution in [0.15, 0.2) is 24.3 Å². The summed E-state index contributed by atoms with van der Waals surface area (Å²) >= 11 is 0. The van der Waals surface area contributed by atoms with Gasteiger partial charge in [-0.05, 0) is 38.9 Å². The predicted molar refractivity (Wildman–Crippen MR) is 83.7 cm³/mol. The molecule has 0 radical (unpaired) electrons. The second-order valence-corrected chi connectivity index (χ2v) is 6.06. The van der Waals surface area contributed by atoms with Crippen LogP contribution in [0.5, 0.6) is 0 Å². The Bertz CT molecular complexity index is 408. The van der Waals surface area contributed by atoms with Gasteiger partial charge in [0.05, 0.1) is 5.69 Å². The Morgan fingerprint density at radius 1 is 1.20 bits per heavy atom. The summed E-state index contributed by atoms with van der Waals surface area (Å²) in [6, 6.07) is 7.14. The van der Waals surface area contributed by atoms with Crippen LogP contribution < -0.4 is 10.2 Å². The SMILES string of the molecule is CCN(CC1(CNC)CCCCC1)c1ccccc1F. The van der Waals surface area contributed by atoms with E-state index in [2.05, 4.69) is 17.1 Å². The van der Waals surface area contributed by atoms with Crippen molar-refractivity contribution in [2.24, 2.45) is 5.41 Å². The lowest BCUT2D eigenvalue weighted by molar-refractivity contribution is 0.191. The molecule has 2 rings (SSSR count). The third-order valence-corrected chi connectivity index (χ3v) is 4.57. The zero-order valence-electron chi connectivity index (χ0n) is 12.8. The van der Waals surface area contributed by atoms with Crippen molar-refractivity contribution in [3.8, 4) is 0 Å². The largest absolute Gasteiger partial charge is 0.369 e. The Labute approximate surface area is 122 Å². The number of anilines is 1. The maximum absolute atomic E-state index is 14.0. The number of halogens is 1. The van der Waals surface area contributed by atoms with E-state index in [4.69, 9.17) is 0 Å². The van der Waals surface area contributed by atoms with E-state index in [1.165, 1.54) is 32.1 Å². The second-order valence-electron chi connectivity index (χ2n) is 6.06. The molecule has 0 atom stereocenters. The van der Waals surface area contributed by atoms with Crippen LogP contribution in [0.3, 0.4) is 0 Å². The van der Waals surface area contributed by atoms with Gasteiger partial charge in [0.25, 0.3) is 0 Å². The standard InChI is InChI=1S/C17H27FN2/c1-3-20(16-10-6-5-9-15(16)18)14-17(13-19-2)11-7-4-8-12-17/h5-6,9-10,19H,3-4,7-8,11-14H2,1-2H3. The fraction of sp³-hybridized carbons (Fsp3) is 0.647. The lowest BCUT2D eigenvalue weighted by Crippen LogP contribution is -2.45. The molecule has 0 spiro atoms. The van der Waals surface area contributed by atoms with E-state index >= 15 is 0 Å². The number of nitrogens with zero attached hydrogens (tertiary/aromatic N) is 1. The van der Waals surface area contributed by atoms with Crippen molar-refractivity contribution < 1.29 is 4.39 Å². The first kappa shape index (κ1) is 15.3. The van der Waals surface area contributed by atoms with Gasteiger partial charge in [0.2, 0.25) is 0 Å². The highest BCUT2D eigenvalue weighted by atomic mass is 19.1. The molecule has 0 aliphatic heterocycles. The summed E-state index contributed by atoms with van der Waals surface area (Å²) in [5.74, 6) is -0.107. The molecule has 1 N–H and O–H groups in total. The summed E-state index contributed by atoms with van der Waals surface area (Å²) in [5, 5.41) is 3.35. The Hall–Kier alpha value is -1.09. The average Bonchev–Trinajstić information content (AvgIpc) is 2.47. The van der Waals surface area contributed by atoms with Crippen LogP contribution in [0.4, 0.5) is 10.1 Å². The van der Waals surface area contributed by atoms with Crippen molar-refractivity contribution in [3.63, 3.8) is 0 Å². The van der Waals surface area contributed by atoms with Crippen molar-refractivity contribution in [3.05, 3.63) is 30.1 Å². The van der Waals surface area contributed by atoms with Crippen LogP contribution in [0.2, 0.25) is 0 Å². The lowest BCUT2D eigenvalue weighted by Gasteiger charge is -2.41. The minimum Gasteiger partial charge on any atom is -0.369 e. The molecule has 1 aliphatic carbocycles. The van der Waals surface area contributed by atoms with Gasteiger partial charge >= 0.3 is 0 Å². The van der Waals surface area contributed by atoms with Gasteiger partial charge in [-0.25, -0.2) is 4.39 Å². The Kier molecular flexibility index (Phi) is 5.41. The zero-order valence-corrected chi connectivity index (χ0v) is 12.8. The quantitative estimate of drug-likeness (QED) is 0.851. The summed E-state index contributed by atoms with van der Waals surface area (Å²) in [6.45, 7) is 4.94. The van der Waals surface area contributed by atoms with Crippen molar-refractivity contribution in [2.75, 3.05) is 31.6 Å². The molecule has 0 amide bonds. The van der Waals surface area contributed by atoms with Crippen LogP contribution in [0.1, 0.15) is 39.0 Å². The summed E-state index contributed by atoms with van der Waals surface area (Å²) < 4.78 is 14.0. The van der Waals surface area contributed by atoms with Gasteiger partial charge < -0.3 is 10.2 Å². The molecule has 1 saturated carbocycles. The van der Waals surface area contributed by atoms with Crippen molar-refractivity contribution >= 4 is 5.69 Å². The van der Waals surface area contributed by atoms with E-state index < -0.39 is 0 Å². The molecule has 0 saturated heterocycles. The van der Waals surface area contributed by atoms with Crippen LogP contribution in [-0.2, 0) is 0 Å². The van der Waals surface area contributed by atoms with E-state index in [0.717, 1.165) is 25.3 Å². The minimum atomic E-state index is -0.107. The van der Waals surface area contributed by atoms with Crippen LogP contribution in [0, 0.1) is 11.2 Å². The molecule has 3 heteroatoms. The van der Waals surface area contributed by atoms with Crippen LogP contribution >= 0.6 is 0 Å². The van der Waals surface area contributed by atoms with Crippen molar-refractivity contribution in [1.29, 1.82) is 0 Å². The van der Waals surface area contributed by atoms with E-state index in [0.29, 0.717) is 5.41 Å². The first-order valence-electron chi connectivity index (χ1n) is 7.85. The number of rotatable bonds is 6. The molecule has 0 aromatic heterocycles. The Morgan fingerprint density at radius 2 is 1.90 bits per heavy atom. The zero-order chi connectivity index (χ0) is 14.4. The van der Waals surface area contributed by atoms with Gasteiger partial charge in [-0.2, -0.15) is 0 Å². The van der Waals surface area contributed by atoms with Crippen LogP contribution in [0.25, 0.3) is 0 Å². The van der Waals surface area contributed by atoms with Gasteiger partial charge in [-0.3, -0.25) is 0 Å². The summed E-state index contributed by atoms with van der Waals surface area (Å²) in [7, 11) is 2.02. The first-order chi connectivity index (χ1) is 9.71. The van der Waals surface area contributed by atoms with Crippen molar-refractivity contribution in [1.82, 2.24) is 5.32 Å². The summed E-state index contributed by atoms with van der Waals surface area (Å²) in [6.07, 6.45) is 6.45. The van der Waals surface area contributed by atoms with Gasteiger partial charge in [0.15, 0.2) is 0 Å². The second kappa shape index (κ2) is 7.07. The third-order valence-electron chi connectivity index (χ3n) is 4.57. The number of para-hydroxylation sites is 1. The maximum atomic E-state index is 14.0. The summed E-state index contributed by atoms with van der Waals surface area (Å²) in [4.78, 5) is 2.21. The topological polar surface area (TPSA) is 15.3 Å². The van der Waals surface area contributed by atoms with E-state index in [1.54, 1.807) is 12.1 Å². The molecule has 0 unspecified atom stereocenters. The van der Waals surface area contributed by atoms with Gasteiger partial charge in [0, 0.05) is 25.0 Å². The first-order valence-corrected chi connectivity index (χ1v) is 7.85. The lowest BCUT2D eigenvalue weighted by atomic mass is 9.73. The molecule has 1 aliphatic rings. The number of benzene rings is 1. The molecule has 1 aromatic carbocycles. The predicted octanol–water partition coefficient (Wildman–Crippen LogP) is 3.82. The molecular weight excluding hydrogens is 251 g/mol. The van der Waals surface area contributed by atoms with E-state index in [1.807, 2.05) is 19.2 Å². The molecule has 0 bridgehead atoms. The fourth-order valence-corrected chi connectivity index (χ4v) is 3.55. The minimum absolute atomic E-state index is 0.107. The van der Waals surface area contributed by atoms with Gasteiger partial charge in [-0.15, -0.1) is 0 Å². The average molecular weight is 278 g/mol. The maximum Gasteiger partial charge on any atom is 0.146 e. The summed E-state index contributed by atoms with van der Waals surface area (Å²) in [5.41, 5.74) is 1.04. The van der Waals surface area contributed by atoms with Crippen LogP contribution in [-0.4, -0.2) is 26.7 Å². The number of hydrogen-bond donors (Lipinski definition) is 1. The number of nitrogens with one attached hydrogen (secondary N) is 1. The molecule has 1 aromatic rings. The monoisotopic (exact) mass is 278 g/mol. The van der Waals surface area contributed by atoms with Gasteiger partial charge in [-0.1, -0.05) is 31.4 Å². The Balaban J connectivity index is 2.16. The third kappa shape index (κ3) is 3.51. The Morgan fingerprint density at radius 3 is 2.50 bits per heavy atom. The van der Waals surface area contributed by atoms with Crippen molar-refractivity contribution in [2.45, 2.75) is 39.0 Å². The highest BCUT2D eigenvalue weighted by molar-refractivity contribution is 5.47. The highest BCUT2D eigenvalue weighted by Crippen LogP contribution is 2.37. The highest BCUT2D eigenvalue weighted by Gasteiger charge is 2.33. The molecule has 20 heavy (non-hydrogen) atoms. The van der Waals surface area contributed by atoms with E-state index in [-0.39, 0.29) is 5.82 Å². The van der Waals surface area contributed by atoms with Gasteiger partial charge in [0.1, 0.15) is 5.82 Å². The normalized spacial score (nSPS) is 17.9. The molecule has 0 heterocycles. The smallest absolute Gasteiger partial charge is 0.146 e. The molecular formula is C17H27FN2. The molecule has 1 fully saturated rings. The fourth-order valence-electron chi connectivity index (χ4n) is 3.55. The molecule has 2 nitrogen and oxygen atoms in total. The molecule has 112 valence electrons. The van der Waals surface area contributed by atoms with E-state index in [9.17, 15) is 4.39 Å². The number of hydrogen-bond acceptors (Lipinski definition) is 2.